The summed E-state index contributed by atoms with van der Waals surface area (Å²) < 4.78 is 23.3. The molecule has 2 N–H and O–H groups in total. The summed E-state index contributed by atoms with van der Waals surface area (Å²) in [6, 6.07) is -0.792. The normalized spacial score (nSPS) is 14.1. The van der Waals surface area contributed by atoms with Gasteiger partial charge in [0.15, 0.2) is 0 Å². The van der Waals surface area contributed by atoms with Gasteiger partial charge in [0.2, 0.25) is 5.91 Å². The van der Waals surface area contributed by atoms with Crippen LogP contribution in [0, 0.1) is 0 Å². The van der Waals surface area contributed by atoms with Crippen molar-refractivity contribution in [3.8, 4) is 0 Å². The van der Waals surface area contributed by atoms with Crippen molar-refractivity contribution in [3.05, 3.63) is 0 Å². The van der Waals surface area contributed by atoms with Crippen molar-refractivity contribution in [2.75, 3.05) is 40.9 Å². The molecule has 0 aliphatic carbocycles. The van der Waals surface area contributed by atoms with E-state index < -0.39 is 20.0 Å². The Balaban J connectivity index is 3.97. The van der Waals surface area contributed by atoms with Gasteiger partial charge in [-0.3, -0.25) is 9.36 Å². The van der Waals surface area contributed by atoms with Crippen LogP contribution in [-0.4, -0.2) is 68.5 Å². The highest BCUT2D eigenvalue weighted by molar-refractivity contribution is 7.45. The number of rotatable bonds is 49. The quantitative estimate of drug-likeness (QED) is 0.0358. The Morgan fingerprint density at radius 3 is 1.13 bits per heavy atom. The molecule has 9 heteroatoms. The maximum atomic E-state index is 12.9. The monoisotopic (exact) mass is 873 g/mol. The number of carbonyl (C=O) groups is 1. The van der Waals surface area contributed by atoms with Crippen molar-refractivity contribution in [2.45, 2.75) is 283 Å². The molecule has 0 aromatic carbocycles. The predicted molar refractivity (Wildman–Crippen MR) is 256 cm³/mol. The third-order valence-electron chi connectivity index (χ3n) is 12.3. The maximum absolute atomic E-state index is 12.9. The Labute approximate surface area is 374 Å². The number of nitrogens with zero attached hydrogens (tertiary/aromatic N) is 1. The molecular formula is C51H105N2O6P. The summed E-state index contributed by atoms with van der Waals surface area (Å²) in [5, 5.41) is 13.9. The second-order valence-electron chi connectivity index (χ2n) is 19.6. The van der Waals surface area contributed by atoms with Gasteiger partial charge in [0.1, 0.15) is 13.2 Å². The van der Waals surface area contributed by atoms with E-state index in [9.17, 15) is 19.4 Å². The van der Waals surface area contributed by atoms with E-state index in [0.717, 1.165) is 38.5 Å². The van der Waals surface area contributed by atoms with E-state index in [-0.39, 0.29) is 19.1 Å². The third kappa shape index (κ3) is 45.5. The molecule has 0 rings (SSSR count). The molecule has 0 saturated carbocycles. The first-order chi connectivity index (χ1) is 29.0. The number of aliphatic hydroxyl groups is 1. The smallest absolute Gasteiger partial charge is 0.268 e. The Hall–Kier alpha value is -0.500. The third-order valence-corrected chi connectivity index (χ3v) is 13.3. The van der Waals surface area contributed by atoms with Crippen molar-refractivity contribution >= 4 is 13.7 Å². The van der Waals surface area contributed by atoms with Gasteiger partial charge < -0.3 is 28.8 Å². The topological polar surface area (TPSA) is 108 Å². The number of hydrogen-bond acceptors (Lipinski definition) is 6. The Kier molecular flexibility index (Phi) is 43.4. The van der Waals surface area contributed by atoms with Crippen LogP contribution in [0.4, 0.5) is 0 Å². The lowest BCUT2D eigenvalue weighted by atomic mass is 10.0. The van der Waals surface area contributed by atoms with Crippen LogP contribution >= 0.6 is 7.82 Å². The molecule has 0 radical (unpaired) electrons. The van der Waals surface area contributed by atoms with Crippen LogP contribution in [0.2, 0.25) is 0 Å². The van der Waals surface area contributed by atoms with Crippen LogP contribution in [0.5, 0.6) is 0 Å². The van der Waals surface area contributed by atoms with Crippen LogP contribution in [-0.2, 0) is 18.4 Å². The van der Waals surface area contributed by atoms with Crippen molar-refractivity contribution in [2.24, 2.45) is 0 Å². The first-order valence-electron chi connectivity index (χ1n) is 26.4. The van der Waals surface area contributed by atoms with Crippen LogP contribution in [0.1, 0.15) is 271 Å². The number of carbonyl (C=O) groups excluding carboxylic acids is 1. The van der Waals surface area contributed by atoms with Gasteiger partial charge in [0.05, 0.1) is 39.9 Å². The minimum absolute atomic E-state index is 0.0160. The maximum Gasteiger partial charge on any atom is 0.268 e. The number of hydrogen-bond donors (Lipinski definition) is 2. The number of aliphatic hydroxyl groups excluding tert-OH is 1. The largest absolute Gasteiger partial charge is 0.756 e. The summed E-state index contributed by atoms with van der Waals surface area (Å²) in [7, 11) is 1.32. The molecular weight excluding hydrogens is 768 g/mol. The molecule has 0 fully saturated rings. The zero-order valence-corrected chi connectivity index (χ0v) is 41.8. The first kappa shape index (κ1) is 59.5. The summed E-state index contributed by atoms with van der Waals surface area (Å²) >= 11 is 0. The number of unbranched alkanes of at least 4 members (excludes halogenated alkanes) is 36. The second-order valence-corrected chi connectivity index (χ2v) is 21.0. The van der Waals surface area contributed by atoms with Crippen LogP contribution in [0.25, 0.3) is 0 Å². The molecule has 0 aliphatic rings. The molecule has 0 aliphatic heterocycles. The standard InChI is InChI=1S/C51H105N2O6P/c1-6-8-10-12-14-16-18-19-20-21-22-23-24-25-26-27-28-29-30-31-32-33-34-35-37-39-41-43-45-51(55)52-49(48-59-60(56,57)58-47-46-53(3,4)5)50(54)44-42-40-38-36-17-15-13-11-9-7-2/h49-50,54H,6-48H2,1-5H3,(H-,52,55,56,57). The van der Waals surface area contributed by atoms with Crippen molar-refractivity contribution in [1.82, 2.24) is 5.32 Å². The van der Waals surface area contributed by atoms with Crippen LogP contribution < -0.4 is 10.2 Å². The molecule has 3 atom stereocenters. The predicted octanol–water partition coefficient (Wildman–Crippen LogP) is 14.7. The van der Waals surface area contributed by atoms with Gasteiger partial charge in [0.25, 0.3) is 7.82 Å². The van der Waals surface area contributed by atoms with Gasteiger partial charge in [-0.25, -0.2) is 0 Å². The van der Waals surface area contributed by atoms with Gasteiger partial charge in [-0.1, -0.05) is 251 Å². The summed E-state index contributed by atoms with van der Waals surface area (Å²) in [5.41, 5.74) is 0. The van der Waals surface area contributed by atoms with Crippen molar-refractivity contribution < 1.29 is 32.9 Å². The van der Waals surface area contributed by atoms with E-state index in [1.807, 2.05) is 21.1 Å². The highest BCUT2D eigenvalue weighted by Gasteiger charge is 2.24. The molecule has 360 valence electrons. The Morgan fingerprint density at radius 2 is 0.817 bits per heavy atom. The van der Waals surface area contributed by atoms with Crippen molar-refractivity contribution in [3.63, 3.8) is 0 Å². The summed E-state index contributed by atoms with van der Waals surface area (Å²) in [4.78, 5) is 25.4. The second kappa shape index (κ2) is 43.7. The molecule has 0 spiro atoms. The number of amides is 1. The van der Waals surface area contributed by atoms with Gasteiger partial charge in [-0.15, -0.1) is 0 Å². The average Bonchev–Trinajstić information content (AvgIpc) is 3.20. The average molecular weight is 873 g/mol. The lowest BCUT2D eigenvalue weighted by molar-refractivity contribution is -0.870. The Morgan fingerprint density at radius 1 is 0.517 bits per heavy atom. The number of phosphoric ester groups is 1. The van der Waals surface area contributed by atoms with E-state index >= 15 is 0 Å². The number of nitrogens with one attached hydrogen (secondary N) is 1. The molecule has 60 heavy (non-hydrogen) atoms. The molecule has 8 nitrogen and oxygen atoms in total. The van der Waals surface area contributed by atoms with E-state index in [2.05, 4.69) is 19.2 Å². The van der Waals surface area contributed by atoms with Gasteiger partial charge >= 0.3 is 0 Å². The van der Waals surface area contributed by atoms with Gasteiger partial charge in [-0.05, 0) is 12.8 Å². The fourth-order valence-electron chi connectivity index (χ4n) is 8.16. The number of likely N-dealkylation sites (N-methyl/N-ethyl adjacent to an activating group) is 1. The minimum atomic E-state index is -4.56. The molecule has 0 bridgehead atoms. The summed E-state index contributed by atoms with van der Waals surface area (Å²) in [5.74, 6) is -0.160. The van der Waals surface area contributed by atoms with E-state index in [1.54, 1.807) is 0 Å². The zero-order chi connectivity index (χ0) is 44.3. The van der Waals surface area contributed by atoms with Crippen LogP contribution in [0.3, 0.4) is 0 Å². The molecule has 0 aromatic rings. The molecule has 0 heterocycles. The van der Waals surface area contributed by atoms with Gasteiger partial charge in [-0.2, -0.15) is 0 Å². The highest BCUT2D eigenvalue weighted by Crippen LogP contribution is 2.38. The number of phosphoric acid groups is 1. The Bertz CT molecular complexity index is 947. The zero-order valence-electron chi connectivity index (χ0n) is 40.9. The molecule has 0 aromatic heterocycles. The number of quaternary nitrogens is 1. The molecule has 1 amide bonds. The first-order valence-corrected chi connectivity index (χ1v) is 27.8. The van der Waals surface area contributed by atoms with Crippen molar-refractivity contribution in [1.29, 1.82) is 0 Å². The lowest BCUT2D eigenvalue weighted by Crippen LogP contribution is -2.46. The fraction of sp³-hybridized carbons (Fsp3) is 0.980. The van der Waals surface area contributed by atoms with E-state index in [4.69, 9.17) is 9.05 Å². The lowest BCUT2D eigenvalue weighted by Gasteiger charge is -2.30. The highest BCUT2D eigenvalue weighted by atomic mass is 31.2. The van der Waals surface area contributed by atoms with E-state index in [0.29, 0.717) is 23.9 Å². The fourth-order valence-corrected chi connectivity index (χ4v) is 8.88. The van der Waals surface area contributed by atoms with E-state index in [1.165, 1.54) is 205 Å². The minimum Gasteiger partial charge on any atom is -0.756 e. The summed E-state index contributed by atoms with van der Waals surface area (Å²) in [6.07, 6.45) is 50.0. The molecule has 3 unspecified atom stereocenters. The van der Waals surface area contributed by atoms with Crippen LogP contribution in [0.15, 0.2) is 0 Å². The SMILES string of the molecule is CCCCCCCCCCCCCCCCCCCCCCCCCCCCCCC(=O)NC(COP(=O)([O-])OCC[N+](C)(C)C)C(O)CCCCCCCCCCCC. The van der Waals surface area contributed by atoms with Gasteiger partial charge in [0, 0.05) is 6.42 Å². The molecule has 0 saturated heterocycles. The summed E-state index contributed by atoms with van der Waals surface area (Å²) in [6.45, 7) is 4.74.